The minimum atomic E-state index is -1.13. The lowest BCUT2D eigenvalue weighted by Gasteiger charge is -2.16. The smallest absolute Gasteiger partial charge is 0.335 e. The van der Waals surface area contributed by atoms with Gasteiger partial charge in [0, 0.05) is 23.5 Å². The molecule has 106 valence electrons. The average Bonchev–Trinajstić information content (AvgIpc) is 2.77. The standard InChI is InChI=1S/C14H13ClFNO2S/c1-17(8-11-4-5-13(15)20-11)7-10-3-2-9(14(18)19)6-12(10)16/h2-6H,7-8H2,1H3,(H,18,19). The molecular weight excluding hydrogens is 301 g/mol. The van der Waals surface area contributed by atoms with Crippen molar-refractivity contribution in [1.29, 1.82) is 0 Å². The number of benzene rings is 1. The van der Waals surface area contributed by atoms with Gasteiger partial charge >= 0.3 is 5.97 Å². The minimum absolute atomic E-state index is 0.0426. The maximum atomic E-state index is 13.8. The lowest BCUT2D eigenvalue weighted by Crippen LogP contribution is -2.17. The van der Waals surface area contributed by atoms with Crippen LogP contribution in [0.1, 0.15) is 20.8 Å². The number of carboxylic acids is 1. The van der Waals surface area contributed by atoms with Crippen molar-refractivity contribution in [2.75, 3.05) is 7.05 Å². The fourth-order valence-electron chi connectivity index (χ4n) is 1.86. The summed E-state index contributed by atoms with van der Waals surface area (Å²) in [6.07, 6.45) is 0. The second-order valence-corrected chi connectivity index (χ2v) is 6.29. The van der Waals surface area contributed by atoms with Gasteiger partial charge in [-0.3, -0.25) is 4.90 Å². The first-order chi connectivity index (χ1) is 9.45. The van der Waals surface area contributed by atoms with Gasteiger partial charge in [-0.1, -0.05) is 17.7 Å². The number of nitrogens with zero attached hydrogens (tertiary/aromatic N) is 1. The van der Waals surface area contributed by atoms with E-state index in [2.05, 4.69) is 0 Å². The summed E-state index contributed by atoms with van der Waals surface area (Å²) in [5.74, 6) is -1.63. The molecule has 0 unspecified atom stereocenters. The molecular formula is C14H13ClFNO2S. The van der Waals surface area contributed by atoms with E-state index in [-0.39, 0.29) is 5.56 Å². The number of thiophene rings is 1. The lowest BCUT2D eigenvalue weighted by atomic mass is 10.1. The van der Waals surface area contributed by atoms with Crippen molar-refractivity contribution in [3.05, 3.63) is 56.5 Å². The van der Waals surface area contributed by atoms with Crippen molar-refractivity contribution in [2.24, 2.45) is 0 Å². The first-order valence-electron chi connectivity index (χ1n) is 5.90. The number of hydrogen-bond donors (Lipinski definition) is 1. The Balaban J connectivity index is 2.04. The summed E-state index contributed by atoms with van der Waals surface area (Å²) < 4.78 is 14.5. The second kappa shape index (κ2) is 6.35. The molecule has 1 aromatic heterocycles. The first kappa shape index (κ1) is 15.0. The maximum absolute atomic E-state index is 13.8. The lowest BCUT2D eigenvalue weighted by molar-refractivity contribution is 0.0696. The molecule has 20 heavy (non-hydrogen) atoms. The zero-order valence-corrected chi connectivity index (χ0v) is 12.3. The molecule has 1 N–H and O–H groups in total. The summed E-state index contributed by atoms with van der Waals surface area (Å²) >= 11 is 7.35. The van der Waals surface area contributed by atoms with Crippen LogP contribution in [-0.2, 0) is 13.1 Å². The number of rotatable bonds is 5. The Bertz CT molecular complexity index is 629. The van der Waals surface area contributed by atoms with Crippen LogP contribution in [0.5, 0.6) is 0 Å². The molecule has 2 rings (SSSR count). The van der Waals surface area contributed by atoms with Gasteiger partial charge in [0.15, 0.2) is 0 Å². The molecule has 1 aromatic carbocycles. The zero-order valence-electron chi connectivity index (χ0n) is 10.8. The Morgan fingerprint density at radius 3 is 2.65 bits per heavy atom. The van der Waals surface area contributed by atoms with E-state index in [0.29, 0.717) is 18.7 Å². The third kappa shape index (κ3) is 3.79. The van der Waals surface area contributed by atoms with Gasteiger partial charge in [0.05, 0.1) is 9.90 Å². The quantitative estimate of drug-likeness (QED) is 0.911. The molecule has 0 saturated heterocycles. The monoisotopic (exact) mass is 313 g/mol. The van der Waals surface area contributed by atoms with E-state index < -0.39 is 11.8 Å². The highest BCUT2D eigenvalue weighted by atomic mass is 35.5. The Labute approximate surface area is 125 Å². The van der Waals surface area contributed by atoms with Gasteiger partial charge in [0.2, 0.25) is 0 Å². The topological polar surface area (TPSA) is 40.5 Å². The Kier molecular flexibility index (Phi) is 4.75. The summed E-state index contributed by atoms with van der Waals surface area (Å²) in [5, 5.41) is 8.79. The van der Waals surface area contributed by atoms with Gasteiger partial charge in [0.1, 0.15) is 5.82 Å². The van der Waals surface area contributed by atoms with E-state index >= 15 is 0 Å². The fourth-order valence-corrected chi connectivity index (χ4v) is 3.03. The fraction of sp³-hybridized carbons (Fsp3) is 0.214. The molecule has 0 radical (unpaired) electrons. The predicted octanol–water partition coefficient (Wildman–Crippen LogP) is 3.87. The molecule has 1 heterocycles. The van der Waals surface area contributed by atoms with Gasteiger partial charge in [-0.25, -0.2) is 9.18 Å². The Morgan fingerprint density at radius 1 is 1.35 bits per heavy atom. The molecule has 0 aliphatic carbocycles. The summed E-state index contributed by atoms with van der Waals surface area (Å²) in [5.41, 5.74) is 0.430. The largest absolute Gasteiger partial charge is 0.478 e. The molecule has 0 saturated carbocycles. The van der Waals surface area contributed by atoms with Crippen LogP contribution in [0.15, 0.2) is 30.3 Å². The summed E-state index contributed by atoms with van der Waals surface area (Å²) in [4.78, 5) is 13.8. The molecule has 6 heteroatoms. The summed E-state index contributed by atoms with van der Waals surface area (Å²) in [6.45, 7) is 1.07. The second-order valence-electron chi connectivity index (χ2n) is 4.49. The normalized spacial score (nSPS) is 11.0. The van der Waals surface area contributed by atoms with Crippen LogP contribution in [0.4, 0.5) is 4.39 Å². The highest BCUT2D eigenvalue weighted by Crippen LogP contribution is 2.23. The van der Waals surface area contributed by atoms with Crippen molar-refractivity contribution in [3.8, 4) is 0 Å². The van der Waals surface area contributed by atoms with E-state index in [1.807, 2.05) is 24.1 Å². The average molecular weight is 314 g/mol. The van der Waals surface area contributed by atoms with E-state index in [0.717, 1.165) is 15.3 Å². The third-order valence-electron chi connectivity index (χ3n) is 2.79. The van der Waals surface area contributed by atoms with E-state index in [4.69, 9.17) is 16.7 Å². The molecule has 0 aliphatic rings. The van der Waals surface area contributed by atoms with Gasteiger partial charge in [-0.05, 0) is 31.3 Å². The third-order valence-corrected chi connectivity index (χ3v) is 4.01. The molecule has 0 atom stereocenters. The molecule has 0 bridgehead atoms. The van der Waals surface area contributed by atoms with Gasteiger partial charge in [-0.2, -0.15) is 0 Å². The highest BCUT2D eigenvalue weighted by Gasteiger charge is 2.11. The van der Waals surface area contributed by atoms with E-state index in [1.54, 1.807) is 0 Å². The van der Waals surface area contributed by atoms with Crippen LogP contribution in [0.3, 0.4) is 0 Å². The number of carbonyl (C=O) groups is 1. The molecule has 0 aliphatic heterocycles. The van der Waals surface area contributed by atoms with Gasteiger partial charge < -0.3 is 5.11 Å². The van der Waals surface area contributed by atoms with Crippen molar-refractivity contribution in [2.45, 2.75) is 13.1 Å². The summed E-state index contributed by atoms with van der Waals surface area (Å²) in [6, 6.07) is 7.74. The van der Waals surface area contributed by atoms with Crippen LogP contribution in [-0.4, -0.2) is 23.0 Å². The SMILES string of the molecule is CN(Cc1ccc(Cl)s1)Cc1ccc(C(=O)O)cc1F. The minimum Gasteiger partial charge on any atom is -0.478 e. The molecule has 2 aromatic rings. The number of hydrogen-bond acceptors (Lipinski definition) is 3. The van der Waals surface area contributed by atoms with Gasteiger partial charge in [-0.15, -0.1) is 11.3 Å². The molecule has 0 fully saturated rings. The van der Waals surface area contributed by atoms with Crippen molar-refractivity contribution >= 4 is 28.9 Å². The zero-order chi connectivity index (χ0) is 14.7. The van der Waals surface area contributed by atoms with Crippen LogP contribution in [0.25, 0.3) is 0 Å². The van der Waals surface area contributed by atoms with Gasteiger partial charge in [0.25, 0.3) is 0 Å². The Hall–Kier alpha value is -1.43. The predicted molar refractivity (Wildman–Crippen MR) is 77.9 cm³/mol. The molecule has 3 nitrogen and oxygen atoms in total. The van der Waals surface area contributed by atoms with E-state index in [9.17, 15) is 9.18 Å². The Morgan fingerprint density at radius 2 is 2.10 bits per heavy atom. The number of carboxylic acid groups (broad SMARTS) is 1. The van der Waals surface area contributed by atoms with Crippen molar-refractivity contribution in [3.63, 3.8) is 0 Å². The van der Waals surface area contributed by atoms with E-state index in [1.165, 1.54) is 23.5 Å². The van der Waals surface area contributed by atoms with Crippen LogP contribution in [0.2, 0.25) is 4.34 Å². The number of halogens is 2. The van der Waals surface area contributed by atoms with Crippen LogP contribution < -0.4 is 0 Å². The molecule has 0 amide bonds. The van der Waals surface area contributed by atoms with Crippen molar-refractivity contribution < 1.29 is 14.3 Å². The van der Waals surface area contributed by atoms with Crippen molar-refractivity contribution in [1.82, 2.24) is 4.90 Å². The summed E-state index contributed by atoms with van der Waals surface area (Å²) in [7, 11) is 1.87. The van der Waals surface area contributed by atoms with Crippen LogP contribution in [0, 0.1) is 5.82 Å². The number of aromatic carboxylic acids is 1. The highest BCUT2D eigenvalue weighted by molar-refractivity contribution is 7.16. The maximum Gasteiger partial charge on any atom is 0.335 e. The van der Waals surface area contributed by atoms with Crippen LogP contribution >= 0.6 is 22.9 Å². The first-order valence-corrected chi connectivity index (χ1v) is 7.09. The molecule has 0 spiro atoms.